The van der Waals surface area contributed by atoms with Gasteiger partial charge in [0, 0.05) is 34.6 Å². The van der Waals surface area contributed by atoms with Gasteiger partial charge in [-0.3, -0.25) is 4.90 Å². The van der Waals surface area contributed by atoms with Crippen LogP contribution in [0.15, 0.2) is 52.9 Å². The molecular formula is C26H27FN2O3. The van der Waals surface area contributed by atoms with Gasteiger partial charge in [0.2, 0.25) is 5.76 Å². The van der Waals surface area contributed by atoms with Gasteiger partial charge in [-0.05, 0) is 62.6 Å². The van der Waals surface area contributed by atoms with Crippen LogP contribution < -0.4 is 0 Å². The number of fused-ring (bicyclic) bond motifs is 4. The zero-order valence-electron chi connectivity index (χ0n) is 18.7. The Bertz CT molecular complexity index is 1310. The van der Waals surface area contributed by atoms with Crippen LogP contribution in [0.5, 0.6) is 0 Å². The molecule has 2 atom stereocenters. The smallest absolute Gasteiger partial charge is 0.373 e. The fourth-order valence-electron chi connectivity index (χ4n) is 4.98. The highest BCUT2D eigenvalue weighted by Crippen LogP contribution is 2.42. The predicted octanol–water partition coefficient (Wildman–Crippen LogP) is 5.78. The molecule has 0 unspecified atom stereocenters. The van der Waals surface area contributed by atoms with Crippen LogP contribution in [0.4, 0.5) is 4.39 Å². The lowest BCUT2D eigenvalue weighted by Gasteiger charge is -2.43. The predicted molar refractivity (Wildman–Crippen MR) is 123 cm³/mol. The molecule has 0 radical (unpaired) electrons. The summed E-state index contributed by atoms with van der Waals surface area (Å²) in [6.07, 6.45) is 0.854. The van der Waals surface area contributed by atoms with Gasteiger partial charge in [0.15, 0.2) is 0 Å². The van der Waals surface area contributed by atoms with Crippen LogP contribution in [0.1, 0.15) is 54.2 Å². The van der Waals surface area contributed by atoms with Gasteiger partial charge in [-0.25, -0.2) is 9.18 Å². The van der Waals surface area contributed by atoms with Gasteiger partial charge in [-0.1, -0.05) is 24.3 Å². The van der Waals surface area contributed by atoms with Crippen LogP contribution in [0.25, 0.3) is 21.9 Å². The number of benzene rings is 2. The van der Waals surface area contributed by atoms with E-state index in [1.54, 1.807) is 19.9 Å². The Labute approximate surface area is 186 Å². The van der Waals surface area contributed by atoms with E-state index in [-0.39, 0.29) is 17.8 Å². The Hall–Kier alpha value is -3.12. The number of carbonyl (C=O) groups is 1. The summed E-state index contributed by atoms with van der Waals surface area (Å²) < 4.78 is 25.3. The third kappa shape index (κ3) is 3.48. The summed E-state index contributed by atoms with van der Waals surface area (Å²) in [7, 11) is 1.33. The minimum atomic E-state index is -1.34. The van der Waals surface area contributed by atoms with Crippen molar-refractivity contribution < 1.29 is 18.3 Å². The first kappa shape index (κ1) is 20.8. The Morgan fingerprint density at radius 3 is 2.78 bits per heavy atom. The van der Waals surface area contributed by atoms with Crippen molar-refractivity contribution in [3.8, 4) is 0 Å². The summed E-state index contributed by atoms with van der Waals surface area (Å²) in [6, 6.07) is 15.9. The highest BCUT2D eigenvalue weighted by atomic mass is 19.1. The molecule has 0 saturated carbocycles. The van der Waals surface area contributed by atoms with Crippen molar-refractivity contribution in [1.29, 1.82) is 0 Å². The molecule has 5 nitrogen and oxygen atoms in total. The maximum absolute atomic E-state index is 14.9. The largest absolute Gasteiger partial charge is 0.463 e. The molecule has 2 aromatic heterocycles. The highest BCUT2D eigenvalue weighted by molar-refractivity contribution is 5.93. The van der Waals surface area contributed by atoms with E-state index < -0.39 is 11.6 Å². The van der Waals surface area contributed by atoms with Crippen LogP contribution >= 0.6 is 0 Å². The van der Waals surface area contributed by atoms with Crippen molar-refractivity contribution in [3.63, 3.8) is 0 Å². The number of halogens is 1. The number of furan rings is 1. The maximum Gasteiger partial charge on any atom is 0.373 e. The van der Waals surface area contributed by atoms with Crippen LogP contribution in [0.3, 0.4) is 0 Å². The van der Waals surface area contributed by atoms with Gasteiger partial charge < -0.3 is 14.1 Å². The van der Waals surface area contributed by atoms with E-state index in [1.165, 1.54) is 18.1 Å². The minimum absolute atomic E-state index is 0.142. The molecule has 1 aliphatic heterocycles. The number of hydrogen-bond donors (Lipinski definition) is 1. The van der Waals surface area contributed by atoms with Crippen LogP contribution in [-0.2, 0) is 11.2 Å². The lowest BCUT2D eigenvalue weighted by atomic mass is 9.87. The summed E-state index contributed by atoms with van der Waals surface area (Å²) >= 11 is 0. The number of aromatic amines is 1. The maximum atomic E-state index is 14.9. The second kappa shape index (κ2) is 7.48. The number of ether oxygens (including phenoxy) is 1. The van der Waals surface area contributed by atoms with Crippen LogP contribution in [0, 0.1) is 0 Å². The van der Waals surface area contributed by atoms with E-state index in [2.05, 4.69) is 35.0 Å². The molecule has 3 heterocycles. The van der Waals surface area contributed by atoms with Crippen LogP contribution in [-0.4, -0.2) is 41.2 Å². The molecule has 0 fully saturated rings. The number of H-pyrrole nitrogens is 1. The number of esters is 1. The second-order valence-corrected chi connectivity index (χ2v) is 9.31. The number of carbonyl (C=O) groups excluding carboxylic acids is 1. The average molecular weight is 435 g/mol. The first-order chi connectivity index (χ1) is 15.2. The van der Waals surface area contributed by atoms with E-state index in [9.17, 15) is 9.18 Å². The molecule has 0 aliphatic carbocycles. The first-order valence-corrected chi connectivity index (χ1v) is 10.9. The molecule has 32 heavy (non-hydrogen) atoms. The first-order valence-electron chi connectivity index (χ1n) is 10.9. The summed E-state index contributed by atoms with van der Waals surface area (Å²) in [4.78, 5) is 17.8. The number of aromatic nitrogens is 1. The fourth-order valence-corrected chi connectivity index (χ4v) is 4.98. The lowest BCUT2D eigenvalue weighted by molar-refractivity contribution is 0.0567. The van der Waals surface area contributed by atoms with Gasteiger partial charge in [-0.15, -0.1) is 0 Å². The number of nitrogens with zero attached hydrogens (tertiary/aromatic N) is 1. The molecule has 4 aromatic rings. The Morgan fingerprint density at radius 2 is 2.03 bits per heavy atom. The van der Waals surface area contributed by atoms with E-state index in [1.807, 2.05) is 24.3 Å². The van der Waals surface area contributed by atoms with Gasteiger partial charge in [0.25, 0.3) is 0 Å². The Kier molecular flexibility index (Phi) is 4.86. The normalized spacial score (nSPS) is 19.4. The number of rotatable bonds is 4. The Balaban J connectivity index is 1.68. The molecule has 1 aliphatic rings. The molecule has 5 rings (SSSR count). The van der Waals surface area contributed by atoms with Crippen molar-refractivity contribution in [3.05, 3.63) is 71.1 Å². The number of nitrogens with one attached hydrogen (secondary N) is 1. The summed E-state index contributed by atoms with van der Waals surface area (Å²) in [5.74, 6) is -0.336. The van der Waals surface area contributed by atoms with Crippen LogP contribution in [0.2, 0.25) is 0 Å². The number of alkyl halides is 1. The third-order valence-electron chi connectivity index (χ3n) is 6.32. The van der Waals surface area contributed by atoms with Crippen molar-refractivity contribution in [2.75, 3.05) is 13.7 Å². The molecule has 0 spiro atoms. The lowest BCUT2D eigenvalue weighted by Crippen LogP contribution is -2.47. The molecule has 0 amide bonds. The molecule has 0 saturated heterocycles. The number of para-hydroxylation sites is 1. The van der Waals surface area contributed by atoms with Gasteiger partial charge in [0.1, 0.15) is 11.3 Å². The van der Waals surface area contributed by atoms with Gasteiger partial charge >= 0.3 is 5.97 Å². The topological polar surface area (TPSA) is 58.5 Å². The average Bonchev–Trinajstić information content (AvgIpc) is 3.33. The molecule has 6 heteroatoms. The zero-order valence-corrected chi connectivity index (χ0v) is 18.7. The van der Waals surface area contributed by atoms with E-state index >= 15 is 0 Å². The van der Waals surface area contributed by atoms with Crippen molar-refractivity contribution in [1.82, 2.24) is 9.88 Å². The SMILES string of the molecule is COC(=O)c1cc2cc([C@@H]3c4[nH]c5ccccc5c4C[C@@H](C)N3CC(C)(C)F)ccc2o1. The van der Waals surface area contributed by atoms with E-state index in [0.29, 0.717) is 12.1 Å². The van der Waals surface area contributed by atoms with Gasteiger partial charge in [0.05, 0.1) is 13.2 Å². The van der Waals surface area contributed by atoms with E-state index in [0.717, 1.165) is 28.6 Å². The Morgan fingerprint density at radius 1 is 1.25 bits per heavy atom. The minimum Gasteiger partial charge on any atom is -0.463 e. The highest BCUT2D eigenvalue weighted by Gasteiger charge is 2.38. The quantitative estimate of drug-likeness (QED) is 0.413. The summed E-state index contributed by atoms with van der Waals surface area (Å²) in [5, 5.41) is 2.04. The number of hydrogen-bond acceptors (Lipinski definition) is 4. The van der Waals surface area contributed by atoms with E-state index in [4.69, 9.17) is 9.15 Å². The standard InChI is InChI=1S/C26H27FN2O3/c1-15-11-19-18-7-5-6-8-20(18)28-23(19)24(29(15)14-26(2,3)27)16-9-10-21-17(12-16)13-22(32-21)25(30)31-4/h5-10,12-13,15,24,28H,11,14H2,1-4H3/t15-,24-/m1/s1. The summed E-state index contributed by atoms with van der Waals surface area (Å²) in [5.41, 5.74) is 3.78. The van der Waals surface area contributed by atoms with Gasteiger partial charge in [-0.2, -0.15) is 0 Å². The third-order valence-corrected chi connectivity index (χ3v) is 6.32. The van der Waals surface area contributed by atoms with Crippen molar-refractivity contribution in [2.45, 2.75) is 44.9 Å². The monoisotopic (exact) mass is 434 g/mol. The molecule has 0 bridgehead atoms. The number of methoxy groups -OCH3 is 1. The van der Waals surface area contributed by atoms with Crippen molar-refractivity contribution >= 4 is 27.8 Å². The zero-order chi connectivity index (χ0) is 22.6. The molecule has 1 N–H and O–H groups in total. The van der Waals surface area contributed by atoms with Crippen molar-refractivity contribution in [2.24, 2.45) is 0 Å². The molecule has 166 valence electrons. The summed E-state index contributed by atoms with van der Waals surface area (Å²) in [6.45, 7) is 5.72. The molecular weight excluding hydrogens is 407 g/mol. The second-order valence-electron chi connectivity index (χ2n) is 9.31. The molecule has 2 aromatic carbocycles. The fraction of sp³-hybridized carbons (Fsp3) is 0.346.